The number of halogens is 2. The van der Waals surface area contributed by atoms with Crippen LogP contribution in [0.3, 0.4) is 0 Å². The molecule has 2 aromatic rings. The van der Waals surface area contributed by atoms with E-state index in [4.69, 9.17) is 11.6 Å². The molecule has 1 atom stereocenters. The van der Waals surface area contributed by atoms with E-state index in [-0.39, 0.29) is 11.9 Å². The third-order valence-electron chi connectivity index (χ3n) is 3.62. The van der Waals surface area contributed by atoms with E-state index in [9.17, 15) is 4.39 Å². The van der Waals surface area contributed by atoms with Crippen LogP contribution in [0.1, 0.15) is 36.1 Å². The second-order valence-corrected chi connectivity index (χ2v) is 5.69. The first-order valence-corrected chi connectivity index (χ1v) is 7.73. The monoisotopic (exact) mass is 305 g/mol. The van der Waals surface area contributed by atoms with E-state index < -0.39 is 0 Å². The van der Waals surface area contributed by atoms with Gasteiger partial charge >= 0.3 is 0 Å². The maximum atomic E-state index is 14.4. The van der Waals surface area contributed by atoms with Gasteiger partial charge in [-0.1, -0.05) is 54.9 Å². The van der Waals surface area contributed by atoms with Crippen molar-refractivity contribution in [3.05, 3.63) is 70.0 Å². The average molecular weight is 306 g/mol. The molecule has 0 heterocycles. The zero-order valence-corrected chi connectivity index (χ0v) is 13.3. The number of benzene rings is 2. The molecule has 0 aliphatic heterocycles. The smallest absolute Gasteiger partial charge is 0.130 e. The molecule has 3 heteroatoms. The fourth-order valence-corrected chi connectivity index (χ4v) is 2.65. The van der Waals surface area contributed by atoms with Gasteiger partial charge in [0.25, 0.3) is 0 Å². The van der Waals surface area contributed by atoms with Crippen molar-refractivity contribution in [2.45, 2.75) is 32.7 Å². The van der Waals surface area contributed by atoms with Gasteiger partial charge in [0.1, 0.15) is 5.82 Å². The largest absolute Gasteiger partial charge is 0.310 e. The Labute approximate surface area is 131 Å². The van der Waals surface area contributed by atoms with Crippen molar-refractivity contribution in [2.24, 2.45) is 0 Å². The second kappa shape index (κ2) is 7.58. The van der Waals surface area contributed by atoms with Gasteiger partial charge in [0.05, 0.1) is 0 Å². The van der Waals surface area contributed by atoms with Crippen molar-refractivity contribution in [1.29, 1.82) is 0 Å². The number of rotatable bonds is 6. The van der Waals surface area contributed by atoms with Gasteiger partial charge in [-0.25, -0.2) is 4.39 Å². The summed E-state index contributed by atoms with van der Waals surface area (Å²) in [5.41, 5.74) is 2.42. The Morgan fingerprint density at radius 3 is 2.62 bits per heavy atom. The van der Waals surface area contributed by atoms with Crippen LogP contribution >= 0.6 is 11.6 Å². The van der Waals surface area contributed by atoms with Crippen LogP contribution in [-0.4, -0.2) is 6.54 Å². The summed E-state index contributed by atoms with van der Waals surface area (Å²) in [6, 6.07) is 13.2. The van der Waals surface area contributed by atoms with Crippen LogP contribution in [0.5, 0.6) is 0 Å². The zero-order valence-electron chi connectivity index (χ0n) is 12.5. The number of hydrogen-bond acceptors (Lipinski definition) is 1. The predicted octanol–water partition coefficient (Wildman–Crippen LogP) is 5.07. The molecule has 0 aliphatic carbocycles. The summed E-state index contributed by atoms with van der Waals surface area (Å²) in [5, 5.41) is 4.16. The highest BCUT2D eigenvalue weighted by Gasteiger charge is 2.17. The van der Waals surface area contributed by atoms with Gasteiger partial charge in [0.2, 0.25) is 0 Å². The molecule has 0 saturated carbocycles. The van der Waals surface area contributed by atoms with E-state index in [0.29, 0.717) is 17.5 Å². The van der Waals surface area contributed by atoms with Gasteiger partial charge < -0.3 is 5.32 Å². The molecule has 0 spiro atoms. The first-order valence-electron chi connectivity index (χ1n) is 7.35. The molecule has 0 radical (unpaired) electrons. The topological polar surface area (TPSA) is 12.0 Å². The Morgan fingerprint density at radius 1 is 1.14 bits per heavy atom. The van der Waals surface area contributed by atoms with Crippen molar-refractivity contribution in [2.75, 3.05) is 6.54 Å². The summed E-state index contributed by atoms with van der Waals surface area (Å²) in [6.07, 6.45) is 1.69. The minimum Gasteiger partial charge on any atom is -0.310 e. The number of aryl methyl sites for hydroxylation is 1. The number of hydrogen-bond donors (Lipinski definition) is 1. The number of nitrogens with one attached hydrogen (secondary N) is 1. The third-order valence-corrected chi connectivity index (χ3v) is 3.99. The van der Waals surface area contributed by atoms with Gasteiger partial charge in [-0.15, -0.1) is 0 Å². The Morgan fingerprint density at radius 2 is 1.90 bits per heavy atom. The third kappa shape index (κ3) is 4.05. The molecule has 21 heavy (non-hydrogen) atoms. The lowest BCUT2D eigenvalue weighted by atomic mass is 9.96. The van der Waals surface area contributed by atoms with Gasteiger partial charge in [0, 0.05) is 16.6 Å². The molecule has 1 nitrogen and oxygen atoms in total. The molecule has 0 saturated heterocycles. The van der Waals surface area contributed by atoms with Crippen molar-refractivity contribution in [1.82, 2.24) is 5.32 Å². The van der Waals surface area contributed by atoms with Crippen LogP contribution in [0.25, 0.3) is 0 Å². The summed E-state index contributed by atoms with van der Waals surface area (Å²) in [6.45, 7) is 4.75. The lowest BCUT2D eigenvalue weighted by Crippen LogP contribution is -2.25. The molecule has 2 rings (SSSR count). The lowest BCUT2D eigenvalue weighted by molar-refractivity contribution is 0.494. The van der Waals surface area contributed by atoms with E-state index in [1.807, 2.05) is 36.4 Å². The summed E-state index contributed by atoms with van der Waals surface area (Å²) in [5.74, 6) is -0.127. The molecule has 0 fully saturated rings. The first-order chi connectivity index (χ1) is 10.1. The normalized spacial score (nSPS) is 12.4. The minimum absolute atomic E-state index is 0.0650. The van der Waals surface area contributed by atoms with Crippen molar-refractivity contribution in [3.63, 3.8) is 0 Å². The molecule has 0 aromatic heterocycles. The molecular weight excluding hydrogens is 285 g/mol. The first kappa shape index (κ1) is 16.0. The Balaban J connectivity index is 2.30. The highest BCUT2D eigenvalue weighted by molar-refractivity contribution is 6.31. The summed E-state index contributed by atoms with van der Waals surface area (Å²) >= 11 is 6.24. The molecule has 0 bridgehead atoms. The predicted molar refractivity (Wildman–Crippen MR) is 87.3 cm³/mol. The molecule has 0 amide bonds. The van der Waals surface area contributed by atoms with Crippen LogP contribution in [0.15, 0.2) is 42.5 Å². The molecule has 112 valence electrons. The van der Waals surface area contributed by atoms with Crippen molar-refractivity contribution < 1.29 is 4.39 Å². The standard InChI is InChI=1S/C18H21ClFN/c1-3-11-21-17(12-14-8-4-5-10-16(14)19)15-9-6-7-13(2)18(15)20/h4-10,17,21H,3,11-12H2,1-2H3. The molecule has 1 unspecified atom stereocenters. The summed E-state index contributed by atoms with van der Waals surface area (Å²) in [7, 11) is 0. The van der Waals surface area contributed by atoms with E-state index in [0.717, 1.165) is 23.6 Å². The molecular formula is C18H21ClFN. The molecule has 0 aliphatic rings. The fraction of sp³-hybridized carbons (Fsp3) is 0.333. The second-order valence-electron chi connectivity index (χ2n) is 5.28. The highest BCUT2D eigenvalue weighted by atomic mass is 35.5. The van der Waals surface area contributed by atoms with Gasteiger partial charge in [-0.3, -0.25) is 0 Å². The zero-order chi connectivity index (χ0) is 15.2. The Hall–Kier alpha value is -1.38. The summed E-state index contributed by atoms with van der Waals surface area (Å²) < 4.78 is 14.4. The van der Waals surface area contributed by atoms with Crippen molar-refractivity contribution in [3.8, 4) is 0 Å². The quantitative estimate of drug-likeness (QED) is 0.785. The van der Waals surface area contributed by atoms with Crippen LogP contribution in [-0.2, 0) is 6.42 Å². The maximum absolute atomic E-state index is 14.4. The minimum atomic E-state index is -0.127. The van der Waals surface area contributed by atoms with Crippen molar-refractivity contribution >= 4 is 11.6 Å². The average Bonchev–Trinajstić information content (AvgIpc) is 2.48. The molecule has 2 aromatic carbocycles. The summed E-state index contributed by atoms with van der Waals surface area (Å²) in [4.78, 5) is 0. The van der Waals surface area contributed by atoms with Crippen LogP contribution < -0.4 is 5.32 Å². The van der Waals surface area contributed by atoms with E-state index >= 15 is 0 Å². The highest BCUT2D eigenvalue weighted by Crippen LogP contribution is 2.26. The van der Waals surface area contributed by atoms with Gasteiger partial charge in [-0.05, 0) is 43.5 Å². The Kier molecular flexibility index (Phi) is 5.77. The SMILES string of the molecule is CCCNC(Cc1ccccc1Cl)c1cccc(C)c1F. The van der Waals surface area contributed by atoms with Gasteiger partial charge in [0.15, 0.2) is 0 Å². The van der Waals surface area contributed by atoms with E-state index in [1.165, 1.54) is 0 Å². The van der Waals surface area contributed by atoms with E-state index in [2.05, 4.69) is 12.2 Å². The van der Waals surface area contributed by atoms with E-state index in [1.54, 1.807) is 13.0 Å². The molecule has 1 N–H and O–H groups in total. The fourth-order valence-electron chi connectivity index (χ4n) is 2.43. The van der Waals surface area contributed by atoms with Crippen LogP contribution in [0.2, 0.25) is 5.02 Å². The van der Waals surface area contributed by atoms with Crippen LogP contribution in [0, 0.1) is 12.7 Å². The van der Waals surface area contributed by atoms with Crippen LogP contribution in [0.4, 0.5) is 4.39 Å². The Bertz CT molecular complexity index is 598. The lowest BCUT2D eigenvalue weighted by Gasteiger charge is -2.21. The van der Waals surface area contributed by atoms with Gasteiger partial charge in [-0.2, -0.15) is 0 Å². The maximum Gasteiger partial charge on any atom is 0.130 e.